The molecule has 0 bridgehead atoms. The van der Waals surface area contributed by atoms with E-state index in [0.29, 0.717) is 22.4 Å². The van der Waals surface area contributed by atoms with Crippen LogP contribution in [0.15, 0.2) is 46.7 Å². The van der Waals surface area contributed by atoms with Crippen LogP contribution in [0.1, 0.15) is 11.3 Å². The average molecular weight is 344 g/mol. The molecule has 124 valence electrons. The van der Waals surface area contributed by atoms with Crippen molar-refractivity contribution < 1.29 is 4.79 Å². The van der Waals surface area contributed by atoms with Gasteiger partial charge >= 0.3 is 0 Å². The summed E-state index contributed by atoms with van der Waals surface area (Å²) in [5.74, 6) is 1.18. The van der Waals surface area contributed by atoms with E-state index < -0.39 is 0 Å². The molecule has 0 saturated carbocycles. The van der Waals surface area contributed by atoms with E-state index >= 15 is 0 Å². The standard InChI is InChI=1S/C17H18ClN5O/c1-12-9-13(3-4-15(12)18)17-21-10-14(6-8-24)23(17)16(22-11-19)5-7-20-2/h3-5,7-10H,2,6,11,19H2,1H3/b7-5-,22-16?. The van der Waals surface area contributed by atoms with Crippen LogP contribution in [-0.4, -0.2) is 35.1 Å². The van der Waals surface area contributed by atoms with Crippen molar-refractivity contribution in [1.82, 2.24) is 9.55 Å². The number of hydrogen-bond donors (Lipinski definition) is 1. The molecule has 0 saturated heterocycles. The Morgan fingerprint density at radius 3 is 2.92 bits per heavy atom. The molecule has 2 N–H and O–H groups in total. The number of rotatable bonds is 6. The Labute approximate surface area is 145 Å². The van der Waals surface area contributed by atoms with Crippen molar-refractivity contribution in [3.8, 4) is 11.4 Å². The summed E-state index contributed by atoms with van der Waals surface area (Å²) >= 11 is 6.10. The van der Waals surface area contributed by atoms with E-state index in [-0.39, 0.29) is 13.1 Å². The number of imidazole rings is 1. The molecule has 0 aliphatic heterocycles. The molecular formula is C17H18ClN5O. The molecule has 1 aromatic heterocycles. The number of carbonyl (C=O) groups is 1. The lowest BCUT2D eigenvalue weighted by molar-refractivity contribution is -0.107. The molecule has 0 amide bonds. The van der Waals surface area contributed by atoms with Gasteiger partial charge in [-0.25, -0.2) is 4.98 Å². The molecule has 0 fully saturated rings. The van der Waals surface area contributed by atoms with Crippen LogP contribution in [-0.2, 0) is 11.2 Å². The van der Waals surface area contributed by atoms with Crippen LogP contribution in [0.5, 0.6) is 0 Å². The molecule has 0 spiro atoms. The number of aliphatic imine (C=N–C) groups is 2. The number of aldehydes is 1. The Bertz CT molecular complexity index is 807. The van der Waals surface area contributed by atoms with Gasteiger partial charge in [0.25, 0.3) is 0 Å². The van der Waals surface area contributed by atoms with E-state index in [0.717, 1.165) is 17.4 Å². The smallest absolute Gasteiger partial charge is 0.145 e. The summed E-state index contributed by atoms with van der Waals surface area (Å²) in [6.07, 6.45) is 5.85. The lowest BCUT2D eigenvalue weighted by Gasteiger charge is -2.12. The van der Waals surface area contributed by atoms with Crippen LogP contribution in [0.3, 0.4) is 0 Å². The number of nitrogens with zero attached hydrogens (tertiary/aromatic N) is 4. The topological polar surface area (TPSA) is 85.6 Å². The van der Waals surface area contributed by atoms with Crippen LogP contribution >= 0.6 is 11.6 Å². The first kappa shape index (κ1) is 17.8. The maximum atomic E-state index is 11.0. The highest BCUT2D eigenvalue weighted by Gasteiger charge is 2.15. The fourth-order valence-electron chi connectivity index (χ4n) is 2.27. The zero-order valence-corrected chi connectivity index (χ0v) is 14.1. The van der Waals surface area contributed by atoms with Crippen LogP contribution < -0.4 is 5.73 Å². The summed E-state index contributed by atoms with van der Waals surface area (Å²) in [5, 5.41) is 0.677. The van der Waals surface area contributed by atoms with E-state index in [9.17, 15) is 4.79 Å². The third kappa shape index (κ3) is 3.84. The second-order valence-corrected chi connectivity index (χ2v) is 5.35. The molecule has 0 aliphatic carbocycles. The molecule has 1 heterocycles. The summed E-state index contributed by atoms with van der Waals surface area (Å²) in [6, 6.07) is 5.61. The quantitative estimate of drug-likeness (QED) is 0.497. The molecule has 0 unspecified atom stereocenters. The van der Waals surface area contributed by atoms with Crippen molar-refractivity contribution in [3.05, 3.63) is 53.0 Å². The van der Waals surface area contributed by atoms with Crippen LogP contribution in [0.4, 0.5) is 0 Å². The predicted molar refractivity (Wildman–Crippen MR) is 97.8 cm³/mol. The minimum absolute atomic E-state index is 0.0919. The van der Waals surface area contributed by atoms with Crippen molar-refractivity contribution in [2.24, 2.45) is 15.7 Å². The van der Waals surface area contributed by atoms with Gasteiger partial charge in [0.05, 0.1) is 12.4 Å². The first-order valence-electron chi connectivity index (χ1n) is 7.26. The fourth-order valence-corrected chi connectivity index (χ4v) is 2.39. The lowest BCUT2D eigenvalue weighted by Crippen LogP contribution is -2.16. The summed E-state index contributed by atoms with van der Waals surface area (Å²) in [6.45, 7) is 5.43. The number of halogens is 1. The van der Waals surface area contributed by atoms with Crippen LogP contribution in [0, 0.1) is 6.92 Å². The van der Waals surface area contributed by atoms with E-state index in [1.54, 1.807) is 16.8 Å². The lowest BCUT2D eigenvalue weighted by atomic mass is 10.1. The minimum atomic E-state index is 0.0919. The van der Waals surface area contributed by atoms with Gasteiger partial charge in [-0.1, -0.05) is 11.6 Å². The third-order valence-electron chi connectivity index (χ3n) is 3.35. The van der Waals surface area contributed by atoms with Crippen molar-refractivity contribution in [2.45, 2.75) is 13.3 Å². The zero-order chi connectivity index (χ0) is 17.5. The van der Waals surface area contributed by atoms with Gasteiger partial charge in [0.1, 0.15) is 17.9 Å². The Morgan fingerprint density at radius 2 is 2.29 bits per heavy atom. The van der Waals surface area contributed by atoms with Crippen molar-refractivity contribution in [3.63, 3.8) is 0 Å². The number of nitrogens with two attached hydrogens (primary N) is 1. The third-order valence-corrected chi connectivity index (χ3v) is 3.78. The molecular weight excluding hydrogens is 326 g/mol. The number of benzene rings is 1. The van der Waals surface area contributed by atoms with Crippen LogP contribution in [0.25, 0.3) is 11.4 Å². The average Bonchev–Trinajstić information content (AvgIpc) is 2.98. The summed E-state index contributed by atoms with van der Waals surface area (Å²) < 4.78 is 1.78. The van der Waals surface area contributed by atoms with Gasteiger partial charge in [-0.15, -0.1) is 0 Å². The van der Waals surface area contributed by atoms with E-state index in [1.807, 2.05) is 25.1 Å². The summed E-state index contributed by atoms with van der Waals surface area (Å²) in [7, 11) is 0. The van der Waals surface area contributed by atoms with Crippen LogP contribution in [0.2, 0.25) is 5.02 Å². The van der Waals surface area contributed by atoms with Gasteiger partial charge in [0, 0.05) is 29.4 Å². The van der Waals surface area contributed by atoms with Gasteiger partial charge < -0.3 is 10.5 Å². The number of aromatic nitrogens is 2. The van der Waals surface area contributed by atoms with Gasteiger partial charge in [0.2, 0.25) is 0 Å². The van der Waals surface area contributed by atoms with Crippen molar-refractivity contribution >= 4 is 30.4 Å². The predicted octanol–water partition coefficient (Wildman–Crippen LogP) is 2.63. The monoisotopic (exact) mass is 343 g/mol. The van der Waals surface area contributed by atoms with E-state index in [1.165, 1.54) is 6.20 Å². The zero-order valence-electron chi connectivity index (χ0n) is 13.3. The molecule has 0 aliphatic rings. The van der Waals surface area contributed by atoms with Gasteiger partial charge in [0.15, 0.2) is 0 Å². The number of hydrogen-bond acceptors (Lipinski definition) is 5. The molecule has 2 rings (SSSR count). The summed E-state index contributed by atoms with van der Waals surface area (Å²) in [5.41, 5.74) is 8.07. The fraction of sp³-hybridized carbons (Fsp3) is 0.176. The Balaban J connectivity index is 2.66. The maximum absolute atomic E-state index is 11.0. The molecule has 0 atom stereocenters. The summed E-state index contributed by atoms with van der Waals surface area (Å²) in [4.78, 5) is 23.4. The largest absolute Gasteiger partial charge is 0.312 e. The second kappa shape index (κ2) is 8.33. The number of carbonyl (C=O) groups excluding carboxylic acids is 1. The molecule has 1 aromatic carbocycles. The first-order valence-corrected chi connectivity index (χ1v) is 7.64. The van der Waals surface area contributed by atoms with Gasteiger partial charge in [-0.05, 0) is 43.5 Å². The SMILES string of the molecule is C=N/C=C\C(=NCN)n1c(CC=O)cnc1-c1ccc(Cl)c(C)c1. The number of aryl methyl sites for hydroxylation is 1. The maximum Gasteiger partial charge on any atom is 0.145 e. The molecule has 0 radical (unpaired) electrons. The molecule has 7 heteroatoms. The first-order chi connectivity index (χ1) is 11.6. The number of allylic oxidation sites excluding steroid dienone is 1. The van der Waals surface area contributed by atoms with E-state index in [2.05, 4.69) is 21.7 Å². The second-order valence-electron chi connectivity index (χ2n) is 4.94. The highest BCUT2D eigenvalue weighted by Crippen LogP contribution is 2.25. The highest BCUT2D eigenvalue weighted by atomic mass is 35.5. The normalized spacial score (nSPS) is 11.9. The Kier molecular flexibility index (Phi) is 6.17. The van der Waals surface area contributed by atoms with Gasteiger partial charge in [-0.2, -0.15) is 0 Å². The molecule has 24 heavy (non-hydrogen) atoms. The molecule has 2 aromatic rings. The Morgan fingerprint density at radius 1 is 1.50 bits per heavy atom. The molecule has 6 nitrogen and oxygen atoms in total. The van der Waals surface area contributed by atoms with Crippen molar-refractivity contribution in [1.29, 1.82) is 0 Å². The van der Waals surface area contributed by atoms with Gasteiger partial charge in [-0.3, -0.25) is 14.6 Å². The Hall–Kier alpha value is -2.57. The minimum Gasteiger partial charge on any atom is -0.312 e. The van der Waals surface area contributed by atoms with Crippen molar-refractivity contribution in [2.75, 3.05) is 6.67 Å². The van der Waals surface area contributed by atoms with E-state index in [4.69, 9.17) is 17.3 Å². The highest BCUT2D eigenvalue weighted by molar-refractivity contribution is 6.31.